The van der Waals surface area contributed by atoms with E-state index in [1.807, 2.05) is 12.1 Å². The summed E-state index contributed by atoms with van der Waals surface area (Å²) in [6.45, 7) is 23.8. The summed E-state index contributed by atoms with van der Waals surface area (Å²) >= 11 is 0. The lowest BCUT2D eigenvalue weighted by atomic mass is 10.0. The molecule has 1 aromatic carbocycles. The summed E-state index contributed by atoms with van der Waals surface area (Å²) in [5.74, 6) is -0.134. The molecule has 1 rings (SSSR count). The minimum Gasteiger partial charge on any atom is -0.303 e. The third-order valence-electron chi connectivity index (χ3n) is 6.07. The standard InChI is InChI=1S/C29H48FN3/c1-9-13-20-31(8)33(25(7)28(12-4)24(5)6)23-27-17-16-26(22-29(27)30)15-14-21-32(18-10-2)19-11-3/h12,16-17,22H,4,7,9-11,13-15,18-21,23H2,1-3,5-6,8H3. The lowest BCUT2D eigenvalue weighted by Gasteiger charge is -2.36. The van der Waals surface area contributed by atoms with Crippen molar-refractivity contribution >= 4 is 0 Å². The molecule has 186 valence electrons. The van der Waals surface area contributed by atoms with Crippen LogP contribution < -0.4 is 0 Å². The summed E-state index contributed by atoms with van der Waals surface area (Å²) in [7, 11) is 2.05. The maximum Gasteiger partial charge on any atom is 0.128 e. The largest absolute Gasteiger partial charge is 0.303 e. The van der Waals surface area contributed by atoms with E-state index in [1.54, 1.807) is 6.07 Å². The van der Waals surface area contributed by atoms with Gasteiger partial charge in [0.15, 0.2) is 0 Å². The van der Waals surface area contributed by atoms with Crippen molar-refractivity contribution in [3.8, 4) is 0 Å². The van der Waals surface area contributed by atoms with E-state index in [0.29, 0.717) is 12.1 Å². The quantitative estimate of drug-likeness (QED) is 0.179. The van der Waals surface area contributed by atoms with Gasteiger partial charge in [0.1, 0.15) is 5.82 Å². The van der Waals surface area contributed by atoms with Crippen molar-refractivity contribution in [3.05, 3.63) is 71.2 Å². The van der Waals surface area contributed by atoms with E-state index >= 15 is 4.39 Å². The molecule has 0 aliphatic rings. The molecule has 0 atom stereocenters. The average molecular weight is 458 g/mol. The monoisotopic (exact) mass is 457 g/mol. The van der Waals surface area contributed by atoms with Gasteiger partial charge in [-0.15, -0.1) is 0 Å². The molecule has 0 bridgehead atoms. The first kappa shape index (κ1) is 29.1. The highest BCUT2D eigenvalue weighted by Gasteiger charge is 2.18. The van der Waals surface area contributed by atoms with Crippen LogP contribution in [0.15, 0.2) is 54.3 Å². The fourth-order valence-corrected chi connectivity index (χ4v) is 4.19. The van der Waals surface area contributed by atoms with Crippen LogP contribution in [0.1, 0.15) is 77.8 Å². The van der Waals surface area contributed by atoms with Crippen LogP contribution in [0.3, 0.4) is 0 Å². The molecule has 0 saturated heterocycles. The zero-order valence-electron chi connectivity index (χ0n) is 22.2. The van der Waals surface area contributed by atoms with Gasteiger partial charge in [-0.25, -0.2) is 9.40 Å². The Kier molecular flexibility index (Phi) is 14.0. The molecule has 0 saturated carbocycles. The number of rotatable bonds is 17. The van der Waals surface area contributed by atoms with Crippen molar-refractivity contribution in [2.24, 2.45) is 0 Å². The number of unbranched alkanes of at least 4 members (excludes halogenated alkanes) is 1. The van der Waals surface area contributed by atoms with Crippen LogP contribution in [0.25, 0.3) is 0 Å². The van der Waals surface area contributed by atoms with Crippen LogP contribution in [-0.4, -0.2) is 48.1 Å². The SMILES string of the molecule is C=CC(C(=C)N(Cc1ccc(CCCN(CCC)CCC)cc1F)N(C)CCCC)=C(C)C. The van der Waals surface area contributed by atoms with Gasteiger partial charge in [-0.2, -0.15) is 0 Å². The van der Waals surface area contributed by atoms with Gasteiger partial charge in [-0.3, -0.25) is 0 Å². The number of nitrogens with zero attached hydrogens (tertiary/aromatic N) is 3. The first-order chi connectivity index (χ1) is 15.8. The normalized spacial score (nSPS) is 11.2. The molecule has 0 aromatic heterocycles. The predicted molar refractivity (Wildman–Crippen MR) is 143 cm³/mol. The molecule has 33 heavy (non-hydrogen) atoms. The molecule has 0 aliphatic heterocycles. The van der Waals surface area contributed by atoms with E-state index in [1.165, 1.54) is 12.8 Å². The lowest BCUT2D eigenvalue weighted by molar-refractivity contribution is 0.0295. The number of allylic oxidation sites excluding steroid dienone is 2. The summed E-state index contributed by atoms with van der Waals surface area (Å²) in [5, 5.41) is 4.24. The molecule has 0 aliphatic carbocycles. The Balaban J connectivity index is 2.95. The zero-order chi connectivity index (χ0) is 24.8. The van der Waals surface area contributed by atoms with Crippen molar-refractivity contribution in [1.29, 1.82) is 0 Å². The van der Waals surface area contributed by atoms with Crippen molar-refractivity contribution in [2.45, 2.75) is 79.7 Å². The molecule has 3 nitrogen and oxygen atoms in total. The van der Waals surface area contributed by atoms with Crippen molar-refractivity contribution in [2.75, 3.05) is 33.2 Å². The van der Waals surface area contributed by atoms with E-state index < -0.39 is 0 Å². The van der Waals surface area contributed by atoms with Crippen LogP contribution >= 0.6 is 0 Å². The van der Waals surface area contributed by atoms with Crippen molar-refractivity contribution < 1.29 is 4.39 Å². The highest BCUT2D eigenvalue weighted by atomic mass is 19.1. The number of benzene rings is 1. The molecule has 0 heterocycles. The van der Waals surface area contributed by atoms with E-state index in [4.69, 9.17) is 0 Å². The van der Waals surface area contributed by atoms with Crippen LogP contribution in [0.5, 0.6) is 0 Å². The molecular formula is C29H48FN3. The number of aryl methyl sites for hydroxylation is 1. The van der Waals surface area contributed by atoms with Gasteiger partial charge in [0.05, 0.1) is 12.2 Å². The minimum atomic E-state index is -0.134. The molecule has 0 fully saturated rings. The highest BCUT2D eigenvalue weighted by Crippen LogP contribution is 2.24. The Hall–Kier alpha value is -1.91. The Morgan fingerprint density at radius 1 is 0.970 bits per heavy atom. The number of hydrogen-bond acceptors (Lipinski definition) is 3. The van der Waals surface area contributed by atoms with E-state index in [-0.39, 0.29) is 5.82 Å². The van der Waals surface area contributed by atoms with Crippen LogP contribution in [0, 0.1) is 5.82 Å². The average Bonchev–Trinajstić information content (AvgIpc) is 2.77. The Bertz CT molecular complexity index is 758. The summed E-state index contributed by atoms with van der Waals surface area (Å²) in [5.41, 5.74) is 4.79. The van der Waals surface area contributed by atoms with Crippen molar-refractivity contribution in [1.82, 2.24) is 14.9 Å². The topological polar surface area (TPSA) is 9.72 Å². The molecule has 4 heteroatoms. The van der Waals surface area contributed by atoms with Gasteiger partial charge < -0.3 is 9.91 Å². The summed E-state index contributed by atoms with van der Waals surface area (Å²) < 4.78 is 15.1. The van der Waals surface area contributed by atoms with Gasteiger partial charge in [0, 0.05) is 19.2 Å². The second-order valence-electron chi connectivity index (χ2n) is 9.23. The number of hydrazine groups is 1. The minimum absolute atomic E-state index is 0.134. The molecule has 0 amide bonds. The zero-order valence-corrected chi connectivity index (χ0v) is 22.2. The highest BCUT2D eigenvalue weighted by molar-refractivity contribution is 5.39. The fourth-order valence-electron chi connectivity index (χ4n) is 4.19. The molecule has 1 aromatic rings. The van der Waals surface area contributed by atoms with Gasteiger partial charge in [-0.05, 0) is 82.8 Å². The van der Waals surface area contributed by atoms with Gasteiger partial charge >= 0.3 is 0 Å². The van der Waals surface area contributed by atoms with Crippen molar-refractivity contribution in [3.63, 3.8) is 0 Å². The third-order valence-corrected chi connectivity index (χ3v) is 6.07. The summed E-state index contributed by atoms with van der Waals surface area (Å²) in [6.07, 6.45) is 8.36. The maximum absolute atomic E-state index is 15.1. The van der Waals surface area contributed by atoms with Gasteiger partial charge in [0.25, 0.3) is 0 Å². The van der Waals surface area contributed by atoms with Gasteiger partial charge in [0.2, 0.25) is 0 Å². The van der Waals surface area contributed by atoms with E-state index in [0.717, 1.165) is 74.3 Å². The maximum atomic E-state index is 15.1. The molecule has 0 N–H and O–H groups in total. The predicted octanol–water partition coefficient (Wildman–Crippen LogP) is 7.37. The van der Waals surface area contributed by atoms with E-state index in [2.05, 4.69) is 75.8 Å². The molecular weight excluding hydrogens is 409 g/mol. The molecule has 0 unspecified atom stereocenters. The molecule has 0 spiro atoms. The number of hydrogen-bond donors (Lipinski definition) is 0. The second kappa shape index (κ2) is 15.8. The second-order valence-corrected chi connectivity index (χ2v) is 9.23. The Morgan fingerprint density at radius 2 is 1.64 bits per heavy atom. The van der Waals surface area contributed by atoms with Crippen LogP contribution in [0.2, 0.25) is 0 Å². The smallest absolute Gasteiger partial charge is 0.128 e. The molecule has 0 radical (unpaired) electrons. The first-order valence-corrected chi connectivity index (χ1v) is 12.8. The van der Waals surface area contributed by atoms with Crippen LogP contribution in [-0.2, 0) is 13.0 Å². The Labute approximate surface area is 203 Å². The first-order valence-electron chi connectivity index (χ1n) is 12.8. The lowest BCUT2D eigenvalue weighted by Crippen LogP contribution is -2.39. The summed E-state index contributed by atoms with van der Waals surface area (Å²) in [4.78, 5) is 2.51. The third kappa shape index (κ3) is 9.85. The number of halogens is 1. The Morgan fingerprint density at radius 3 is 2.15 bits per heavy atom. The fraction of sp³-hybridized carbons (Fsp3) is 0.586. The summed E-state index contributed by atoms with van der Waals surface area (Å²) in [6, 6.07) is 5.76. The van der Waals surface area contributed by atoms with E-state index in [9.17, 15) is 0 Å². The van der Waals surface area contributed by atoms with Gasteiger partial charge in [-0.1, -0.05) is 64.1 Å². The van der Waals surface area contributed by atoms with Crippen LogP contribution in [0.4, 0.5) is 4.39 Å².